The third-order valence-corrected chi connectivity index (χ3v) is 7.43. The fraction of sp³-hybridized carbons (Fsp3) is 0.107. The van der Waals surface area contributed by atoms with Crippen molar-refractivity contribution in [3.8, 4) is 11.1 Å². The molecule has 4 aromatic carbocycles. The maximum absolute atomic E-state index is 13.5. The van der Waals surface area contributed by atoms with E-state index in [4.69, 9.17) is 0 Å². The zero-order valence-electron chi connectivity index (χ0n) is 19.7. The normalized spacial score (nSPS) is 11.7. The molecule has 0 heterocycles. The Bertz CT molecular complexity index is 1500. The van der Waals surface area contributed by atoms with Gasteiger partial charge in [0.15, 0.2) is 0 Å². The molecule has 0 aliphatic rings. The number of halogens is 3. The Balaban J connectivity index is 1.71. The SMILES string of the molecule is Cc1ccc(S(=O)(=O)N(CC(=O)Nc2ccccc2-c2ccccc2)c2cccc(C(F)(F)F)c2)cc1. The molecule has 4 rings (SSSR count). The summed E-state index contributed by atoms with van der Waals surface area (Å²) in [7, 11) is -4.38. The van der Waals surface area contributed by atoms with Gasteiger partial charge in [-0.15, -0.1) is 0 Å². The van der Waals surface area contributed by atoms with Crippen molar-refractivity contribution in [1.29, 1.82) is 0 Å². The minimum Gasteiger partial charge on any atom is -0.324 e. The van der Waals surface area contributed by atoms with E-state index in [1.165, 1.54) is 18.2 Å². The average molecular weight is 525 g/mol. The zero-order chi connectivity index (χ0) is 26.6. The van der Waals surface area contributed by atoms with Gasteiger partial charge in [-0.05, 0) is 48.9 Å². The lowest BCUT2D eigenvalue weighted by atomic mass is 10.0. The molecule has 190 valence electrons. The molecule has 0 saturated carbocycles. The van der Waals surface area contributed by atoms with Crippen LogP contribution in [0.2, 0.25) is 0 Å². The van der Waals surface area contributed by atoms with E-state index in [-0.39, 0.29) is 10.6 Å². The first-order valence-corrected chi connectivity index (χ1v) is 12.7. The van der Waals surface area contributed by atoms with Crippen molar-refractivity contribution in [3.63, 3.8) is 0 Å². The molecule has 1 N–H and O–H groups in total. The summed E-state index contributed by atoms with van der Waals surface area (Å²) < 4.78 is 68.0. The predicted molar refractivity (Wildman–Crippen MR) is 138 cm³/mol. The summed E-state index contributed by atoms with van der Waals surface area (Å²) >= 11 is 0. The molecule has 0 unspecified atom stereocenters. The summed E-state index contributed by atoms with van der Waals surface area (Å²) in [6.07, 6.45) is -4.69. The van der Waals surface area contributed by atoms with Gasteiger partial charge in [0.05, 0.1) is 16.1 Å². The second-order valence-corrected chi connectivity index (χ2v) is 10.2. The molecule has 0 fully saturated rings. The number of carbonyl (C=O) groups excluding carboxylic acids is 1. The van der Waals surface area contributed by atoms with Gasteiger partial charge in [-0.2, -0.15) is 13.2 Å². The number of aryl methyl sites for hydroxylation is 1. The number of hydrogen-bond donors (Lipinski definition) is 1. The lowest BCUT2D eigenvalue weighted by molar-refractivity contribution is -0.137. The van der Waals surface area contributed by atoms with Crippen molar-refractivity contribution in [1.82, 2.24) is 0 Å². The molecule has 0 atom stereocenters. The van der Waals surface area contributed by atoms with E-state index in [1.807, 2.05) is 30.3 Å². The third kappa shape index (κ3) is 6.00. The first kappa shape index (κ1) is 26.0. The highest BCUT2D eigenvalue weighted by molar-refractivity contribution is 7.92. The second kappa shape index (κ2) is 10.5. The highest BCUT2D eigenvalue weighted by atomic mass is 32.2. The number of alkyl halides is 3. The zero-order valence-corrected chi connectivity index (χ0v) is 20.6. The predicted octanol–water partition coefficient (Wildman–Crippen LogP) is 6.51. The van der Waals surface area contributed by atoms with Crippen molar-refractivity contribution in [2.75, 3.05) is 16.2 Å². The van der Waals surface area contributed by atoms with Crippen LogP contribution in [-0.2, 0) is 21.0 Å². The molecule has 4 aromatic rings. The van der Waals surface area contributed by atoms with Crippen LogP contribution in [0.1, 0.15) is 11.1 Å². The Hall–Kier alpha value is -4.11. The molecule has 37 heavy (non-hydrogen) atoms. The summed E-state index contributed by atoms with van der Waals surface area (Å²) in [5.41, 5.74) is 1.49. The molecule has 0 aliphatic heterocycles. The monoisotopic (exact) mass is 524 g/mol. The molecule has 9 heteroatoms. The Morgan fingerprint density at radius 3 is 2.16 bits per heavy atom. The van der Waals surface area contributed by atoms with E-state index in [0.29, 0.717) is 15.6 Å². The van der Waals surface area contributed by atoms with Crippen molar-refractivity contribution >= 4 is 27.3 Å². The van der Waals surface area contributed by atoms with Gasteiger partial charge in [0.1, 0.15) is 6.54 Å². The van der Waals surface area contributed by atoms with Crippen LogP contribution in [0.15, 0.2) is 108 Å². The van der Waals surface area contributed by atoms with E-state index in [9.17, 15) is 26.4 Å². The van der Waals surface area contributed by atoms with Crippen LogP contribution in [0.5, 0.6) is 0 Å². The molecular weight excluding hydrogens is 501 g/mol. The van der Waals surface area contributed by atoms with Gasteiger partial charge in [0, 0.05) is 11.3 Å². The lowest BCUT2D eigenvalue weighted by Gasteiger charge is -2.25. The number of nitrogens with one attached hydrogen (secondary N) is 1. The van der Waals surface area contributed by atoms with E-state index >= 15 is 0 Å². The number of para-hydroxylation sites is 1. The maximum Gasteiger partial charge on any atom is 0.416 e. The molecule has 0 bridgehead atoms. The van der Waals surface area contributed by atoms with Crippen LogP contribution in [0.3, 0.4) is 0 Å². The molecule has 1 amide bonds. The van der Waals surface area contributed by atoms with Crippen LogP contribution in [0.4, 0.5) is 24.5 Å². The lowest BCUT2D eigenvalue weighted by Crippen LogP contribution is -2.38. The molecule has 0 aliphatic carbocycles. The van der Waals surface area contributed by atoms with E-state index in [2.05, 4.69) is 5.32 Å². The van der Waals surface area contributed by atoms with Crippen LogP contribution in [-0.4, -0.2) is 20.9 Å². The van der Waals surface area contributed by atoms with Crippen molar-refractivity contribution in [2.45, 2.75) is 18.0 Å². The van der Waals surface area contributed by atoms with Gasteiger partial charge in [0.2, 0.25) is 5.91 Å². The quantitative estimate of drug-likeness (QED) is 0.300. The van der Waals surface area contributed by atoms with Gasteiger partial charge in [-0.25, -0.2) is 8.42 Å². The summed E-state index contributed by atoms with van der Waals surface area (Å²) in [5, 5.41) is 2.72. The van der Waals surface area contributed by atoms with Gasteiger partial charge >= 0.3 is 6.18 Å². The highest BCUT2D eigenvalue weighted by Gasteiger charge is 2.33. The largest absolute Gasteiger partial charge is 0.416 e. The summed E-state index contributed by atoms with van der Waals surface area (Å²) in [4.78, 5) is 13.0. The number of benzene rings is 4. The number of nitrogens with zero attached hydrogens (tertiary/aromatic N) is 1. The Kier molecular flexibility index (Phi) is 7.35. The Morgan fingerprint density at radius 1 is 0.838 bits per heavy atom. The number of carbonyl (C=O) groups is 1. The van der Waals surface area contributed by atoms with Gasteiger partial charge in [-0.3, -0.25) is 9.10 Å². The molecule has 0 spiro atoms. The number of anilines is 2. The van der Waals surface area contributed by atoms with E-state index in [1.54, 1.807) is 43.3 Å². The number of amides is 1. The van der Waals surface area contributed by atoms with Crippen molar-refractivity contribution in [2.24, 2.45) is 0 Å². The highest BCUT2D eigenvalue weighted by Crippen LogP contribution is 2.33. The minimum absolute atomic E-state index is 0.145. The van der Waals surface area contributed by atoms with Gasteiger partial charge in [0.25, 0.3) is 10.0 Å². The maximum atomic E-state index is 13.5. The van der Waals surface area contributed by atoms with Crippen LogP contribution in [0.25, 0.3) is 11.1 Å². The molecular formula is C28H23F3N2O3S. The third-order valence-electron chi connectivity index (χ3n) is 5.64. The summed E-state index contributed by atoms with van der Waals surface area (Å²) in [5.74, 6) is -0.712. The first-order valence-electron chi connectivity index (χ1n) is 11.3. The molecule has 0 saturated heterocycles. The Labute approximate surface area is 213 Å². The molecule has 5 nitrogen and oxygen atoms in total. The van der Waals surface area contributed by atoms with Crippen LogP contribution < -0.4 is 9.62 Å². The van der Waals surface area contributed by atoms with Crippen LogP contribution in [0, 0.1) is 6.92 Å². The standard InChI is InChI=1S/C28H23F3N2O3S/c1-20-14-16-24(17-15-20)37(35,36)33(23-11-7-10-22(18-23)28(29,30)31)19-27(34)32-26-13-6-5-12-25(26)21-8-3-2-4-9-21/h2-18H,19H2,1H3,(H,32,34). The average Bonchev–Trinajstić information content (AvgIpc) is 2.88. The fourth-order valence-corrected chi connectivity index (χ4v) is 5.18. The number of sulfonamides is 1. The topological polar surface area (TPSA) is 66.5 Å². The van der Waals surface area contributed by atoms with E-state index < -0.39 is 34.2 Å². The van der Waals surface area contributed by atoms with Crippen LogP contribution >= 0.6 is 0 Å². The van der Waals surface area contributed by atoms with E-state index in [0.717, 1.165) is 29.3 Å². The number of hydrogen-bond acceptors (Lipinski definition) is 3. The second-order valence-electron chi connectivity index (χ2n) is 8.33. The Morgan fingerprint density at radius 2 is 1.49 bits per heavy atom. The minimum atomic E-state index is -4.69. The summed E-state index contributed by atoms with van der Waals surface area (Å²) in [6.45, 7) is 1.04. The smallest absolute Gasteiger partial charge is 0.324 e. The first-order chi connectivity index (χ1) is 17.6. The number of rotatable bonds is 7. The van der Waals surface area contributed by atoms with Crippen molar-refractivity contribution in [3.05, 3.63) is 114 Å². The molecule has 0 radical (unpaired) electrons. The van der Waals surface area contributed by atoms with Crippen molar-refractivity contribution < 1.29 is 26.4 Å². The molecule has 0 aromatic heterocycles. The summed E-state index contributed by atoms with van der Waals surface area (Å²) in [6, 6.07) is 26.0. The van der Waals surface area contributed by atoms with Gasteiger partial charge < -0.3 is 5.32 Å². The van der Waals surface area contributed by atoms with Gasteiger partial charge in [-0.1, -0.05) is 72.3 Å². The fourth-order valence-electron chi connectivity index (χ4n) is 3.77.